The van der Waals surface area contributed by atoms with E-state index in [1.54, 1.807) is 4.68 Å². The van der Waals surface area contributed by atoms with Crippen LogP contribution in [-0.4, -0.2) is 57.7 Å². The lowest BCUT2D eigenvalue weighted by atomic mass is 9.90. The average Bonchev–Trinajstić information content (AvgIpc) is 3.04. The third kappa shape index (κ3) is 4.69. The number of carbonyl (C=O) groups excluding carboxylic acids is 1. The Morgan fingerprint density at radius 1 is 1.03 bits per heavy atom. The van der Waals surface area contributed by atoms with Crippen molar-refractivity contribution in [3.63, 3.8) is 0 Å². The zero-order valence-corrected chi connectivity index (χ0v) is 18.9. The number of ketones is 1. The summed E-state index contributed by atoms with van der Waals surface area (Å²) in [5.74, 6) is 1.66. The van der Waals surface area contributed by atoms with Crippen molar-refractivity contribution in [2.24, 2.45) is 13.0 Å². The van der Waals surface area contributed by atoms with Crippen LogP contribution in [-0.2, 0) is 7.05 Å². The third-order valence-corrected chi connectivity index (χ3v) is 6.97. The van der Waals surface area contributed by atoms with E-state index in [4.69, 9.17) is 4.98 Å². The van der Waals surface area contributed by atoms with Gasteiger partial charge in [0.25, 0.3) is 0 Å². The molecule has 2 aromatic rings. The summed E-state index contributed by atoms with van der Waals surface area (Å²) in [7, 11) is 1.91. The minimum atomic E-state index is 0.171. The number of aromatic nitrogens is 3. The van der Waals surface area contributed by atoms with Crippen molar-refractivity contribution in [1.29, 1.82) is 0 Å². The molecular weight excluding hydrogens is 374 g/mol. The Morgan fingerprint density at radius 3 is 2.37 bits per heavy atom. The Labute approximate surface area is 180 Å². The van der Waals surface area contributed by atoms with Gasteiger partial charge in [-0.3, -0.25) is 4.79 Å². The van der Waals surface area contributed by atoms with Gasteiger partial charge in [0.1, 0.15) is 11.5 Å². The number of piperidine rings is 1. The van der Waals surface area contributed by atoms with E-state index in [9.17, 15) is 4.79 Å². The average molecular weight is 412 g/mol. The number of hydrogen-bond donors (Lipinski definition) is 0. The molecule has 2 fully saturated rings. The highest BCUT2D eigenvalue weighted by Crippen LogP contribution is 2.27. The summed E-state index contributed by atoms with van der Waals surface area (Å²) in [6.45, 7) is 8.83. The summed E-state index contributed by atoms with van der Waals surface area (Å²) in [5.41, 5.74) is 1.43. The molecule has 0 saturated carbocycles. The SMILES string of the molecule is CC(C)N1CCC(CC(=O)c2nn(C)c3nc(N4CCCCCCC4)ccc23)CC1. The van der Waals surface area contributed by atoms with E-state index < -0.39 is 0 Å². The highest BCUT2D eigenvalue weighted by molar-refractivity contribution is 6.05. The van der Waals surface area contributed by atoms with Crippen LogP contribution < -0.4 is 4.90 Å². The molecule has 0 N–H and O–H groups in total. The summed E-state index contributed by atoms with van der Waals surface area (Å²) >= 11 is 0. The van der Waals surface area contributed by atoms with E-state index in [1.807, 2.05) is 7.05 Å². The number of likely N-dealkylation sites (tertiary alicyclic amines) is 1. The molecule has 2 aliphatic rings. The molecule has 0 atom stereocenters. The van der Waals surface area contributed by atoms with E-state index >= 15 is 0 Å². The summed E-state index contributed by atoms with van der Waals surface area (Å²) in [5, 5.41) is 5.49. The second kappa shape index (κ2) is 9.46. The lowest BCUT2D eigenvalue weighted by Gasteiger charge is -2.34. The molecule has 30 heavy (non-hydrogen) atoms. The van der Waals surface area contributed by atoms with Crippen molar-refractivity contribution in [3.8, 4) is 0 Å². The van der Waals surface area contributed by atoms with Crippen molar-refractivity contribution < 1.29 is 4.79 Å². The van der Waals surface area contributed by atoms with Gasteiger partial charge in [-0.25, -0.2) is 9.67 Å². The van der Waals surface area contributed by atoms with Gasteiger partial charge in [-0.2, -0.15) is 5.10 Å². The maximum absolute atomic E-state index is 13.1. The summed E-state index contributed by atoms with van der Waals surface area (Å²) in [4.78, 5) is 22.9. The Hall–Kier alpha value is -1.95. The van der Waals surface area contributed by atoms with Gasteiger partial charge in [0.15, 0.2) is 11.4 Å². The molecule has 0 spiro atoms. The zero-order valence-electron chi connectivity index (χ0n) is 18.9. The van der Waals surface area contributed by atoms with Crippen molar-refractivity contribution in [3.05, 3.63) is 17.8 Å². The van der Waals surface area contributed by atoms with E-state index in [-0.39, 0.29) is 5.78 Å². The summed E-state index contributed by atoms with van der Waals surface area (Å²) in [6, 6.07) is 4.75. The quantitative estimate of drug-likeness (QED) is 0.681. The second-order valence-electron chi connectivity index (χ2n) is 9.47. The molecule has 0 bridgehead atoms. The molecule has 6 nitrogen and oxygen atoms in total. The fourth-order valence-corrected chi connectivity index (χ4v) is 5.01. The molecule has 0 unspecified atom stereocenters. The van der Waals surface area contributed by atoms with Crippen molar-refractivity contribution in [2.75, 3.05) is 31.1 Å². The Bertz CT molecular complexity index is 858. The van der Waals surface area contributed by atoms with E-state index in [1.165, 1.54) is 32.1 Å². The Morgan fingerprint density at radius 2 is 1.70 bits per heavy atom. The first-order valence-corrected chi connectivity index (χ1v) is 11.9. The minimum Gasteiger partial charge on any atom is -0.357 e. The highest BCUT2D eigenvalue weighted by Gasteiger charge is 2.26. The number of pyridine rings is 1. The van der Waals surface area contributed by atoms with Crippen LogP contribution in [0, 0.1) is 5.92 Å². The molecular formula is C24H37N5O. The van der Waals surface area contributed by atoms with Crippen LogP contribution >= 0.6 is 0 Å². The molecule has 0 amide bonds. The summed E-state index contributed by atoms with van der Waals surface area (Å²) < 4.78 is 1.79. The topological polar surface area (TPSA) is 54.3 Å². The summed E-state index contributed by atoms with van der Waals surface area (Å²) in [6.07, 6.45) is 9.22. The third-order valence-electron chi connectivity index (χ3n) is 6.97. The number of nitrogens with zero attached hydrogens (tertiary/aromatic N) is 5. The first kappa shape index (κ1) is 21.3. The maximum atomic E-state index is 13.1. The molecule has 2 aromatic heterocycles. The lowest BCUT2D eigenvalue weighted by Crippen LogP contribution is -2.38. The normalized spacial score (nSPS) is 19.9. The van der Waals surface area contributed by atoms with E-state index in [2.05, 4.69) is 40.9 Å². The second-order valence-corrected chi connectivity index (χ2v) is 9.47. The number of fused-ring (bicyclic) bond motifs is 1. The van der Waals surface area contributed by atoms with Gasteiger partial charge in [0, 0.05) is 32.6 Å². The standard InChI is InChI=1S/C24H37N5O/c1-18(2)28-15-11-19(12-16-28)17-21(30)23-20-9-10-22(25-24(20)27(3)26-23)29-13-7-5-4-6-8-14-29/h9-10,18-19H,4-8,11-17H2,1-3H3. The van der Waals surface area contributed by atoms with Crippen molar-refractivity contribution in [2.45, 2.75) is 71.3 Å². The Kier molecular flexibility index (Phi) is 6.71. The van der Waals surface area contributed by atoms with Gasteiger partial charge in [-0.15, -0.1) is 0 Å². The van der Waals surface area contributed by atoms with Crippen LogP contribution in [0.4, 0.5) is 5.82 Å². The number of anilines is 1. The highest BCUT2D eigenvalue weighted by atomic mass is 16.1. The molecule has 4 heterocycles. The van der Waals surface area contributed by atoms with Gasteiger partial charge in [-0.05, 0) is 70.7 Å². The van der Waals surface area contributed by atoms with Crippen molar-refractivity contribution in [1.82, 2.24) is 19.7 Å². The van der Waals surface area contributed by atoms with Crippen LogP contribution in [0.5, 0.6) is 0 Å². The van der Waals surface area contributed by atoms with Crippen LogP contribution in [0.1, 0.15) is 75.7 Å². The van der Waals surface area contributed by atoms with Crippen LogP contribution in [0.2, 0.25) is 0 Å². The van der Waals surface area contributed by atoms with Gasteiger partial charge in [-0.1, -0.05) is 19.3 Å². The molecule has 0 radical (unpaired) electrons. The molecule has 2 aliphatic heterocycles. The minimum absolute atomic E-state index is 0.171. The predicted molar refractivity (Wildman–Crippen MR) is 122 cm³/mol. The van der Waals surface area contributed by atoms with E-state index in [0.717, 1.165) is 55.9 Å². The van der Waals surface area contributed by atoms with Gasteiger partial charge in [0.2, 0.25) is 0 Å². The predicted octanol–water partition coefficient (Wildman–Crippen LogP) is 4.43. The van der Waals surface area contributed by atoms with Gasteiger partial charge < -0.3 is 9.80 Å². The number of Topliss-reactive ketones (excluding diaryl/α,β-unsaturated/α-hetero) is 1. The number of carbonyl (C=O) groups is 1. The number of hydrogen-bond acceptors (Lipinski definition) is 5. The molecule has 4 rings (SSSR count). The first-order chi connectivity index (χ1) is 14.5. The molecule has 6 heteroatoms. The monoisotopic (exact) mass is 411 g/mol. The zero-order chi connectivity index (χ0) is 21.1. The fourth-order valence-electron chi connectivity index (χ4n) is 5.01. The first-order valence-electron chi connectivity index (χ1n) is 11.9. The lowest BCUT2D eigenvalue weighted by molar-refractivity contribution is 0.0908. The largest absolute Gasteiger partial charge is 0.357 e. The molecule has 164 valence electrons. The Balaban J connectivity index is 1.47. The number of rotatable bonds is 5. The van der Waals surface area contributed by atoms with Crippen molar-refractivity contribution >= 4 is 22.6 Å². The van der Waals surface area contributed by atoms with Crippen LogP contribution in [0.3, 0.4) is 0 Å². The molecule has 2 saturated heterocycles. The van der Waals surface area contributed by atoms with Gasteiger partial charge in [0.05, 0.1) is 5.39 Å². The smallest absolute Gasteiger partial charge is 0.184 e. The maximum Gasteiger partial charge on any atom is 0.184 e. The van der Waals surface area contributed by atoms with Crippen LogP contribution in [0.15, 0.2) is 12.1 Å². The fraction of sp³-hybridized carbons (Fsp3) is 0.708. The van der Waals surface area contributed by atoms with Gasteiger partial charge >= 0.3 is 0 Å². The molecule has 0 aliphatic carbocycles. The van der Waals surface area contributed by atoms with Crippen LogP contribution in [0.25, 0.3) is 11.0 Å². The van der Waals surface area contributed by atoms with E-state index in [0.29, 0.717) is 24.1 Å². The number of aryl methyl sites for hydroxylation is 1. The molecule has 0 aromatic carbocycles.